The Bertz CT molecular complexity index is 1280. The monoisotopic (exact) mass is 399 g/mol. The molecule has 142 valence electrons. The molecule has 2 heterocycles. The van der Waals surface area contributed by atoms with E-state index in [-0.39, 0.29) is 5.69 Å². The number of aryl methyl sites for hydroxylation is 1. The van der Waals surface area contributed by atoms with E-state index < -0.39 is 26.6 Å². The van der Waals surface area contributed by atoms with Crippen LogP contribution in [0.2, 0.25) is 0 Å². The number of nitrogens with zero attached hydrogens (tertiary/aromatic N) is 2. The maximum Gasteiger partial charge on any atom is 0.267 e. The molecule has 4 aromatic rings. The highest BCUT2D eigenvalue weighted by Crippen LogP contribution is 2.26. The number of rotatable bonds is 4. The summed E-state index contributed by atoms with van der Waals surface area (Å²) < 4.78 is 56.7. The van der Waals surface area contributed by atoms with Crippen molar-refractivity contribution >= 4 is 21.4 Å². The molecule has 0 bridgehead atoms. The number of fused-ring (bicyclic) bond motifs is 1. The SMILES string of the molecule is Cc1ccn2cc(-c3cccc(NS(=O)(=O)c4c(F)cccc4F)c3)nc2c1. The maximum atomic E-state index is 13.9. The molecule has 28 heavy (non-hydrogen) atoms. The van der Waals surface area contributed by atoms with Gasteiger partial charge in [0.15, 0.2) is 4.90 Å². The second-order valence-corrected chi connectivity index (χ2v) is 7.95. The third-order valence-electron chi connectivity index (χ3n) is 4.21. The summed E-state index contributed by atoms with van der Waals surface area (Å²) in [5.41, 5.74) is 3.31. The number of hydrogen-bond donors (Lipinski definition) is 1. The Morgan fingerprint density at radius 2 is 1.71 bits per heavy atom. The van der Waals surface area contributed by atoms with E-state index in [4.69, 9.17) is 0 Å². The molecule has 0 spiro atoms. The van der Waals surface area contributed by atoms with E-state index in [0.29, 0.717) is 11.3 Å². The predicted molar refractivity (Wildman–Crippen MR) is 103 cm³/mol. The molecule has 4 rings (SSSR count). The van der Waals surface area contributed by atoms with E-state index in [2.05, 4.69) is 9.71 Å². The summed E-state index contributed by atoms with van der Waals surface area (Å²) in [5.74, 6) is -2.31. The lowest BCUT2D eigenvalue weighted by Crippen LogP contribution is -2.16. The van der Waals surface area contributed by atoms with Crippen molar-refractivity contribution in [2.75, 3.05) is 4.72 Å². The Balaban J connectivity index is 1.70. The first-order chi connectivity index (χ1) is 13.3. The van der Waals surface area contributed by atoms with E-state index in [1.54, 1.807) is 18.2 Å². The van der Waals surface area contributed by atoms with Gasteiger partial charge in [0.25, 0.3) is 10.0 Å². The molecule has 0 aliphatic heterocycles. The minimum Gasteiger partial charge on any atom is -0.306 e. The molecule has 0 saturated carbocycles. The maximum absolute atomic E-state index is 13.9. The average Bonchev–Trinajstić information content (AvgIpc) is 3.04. The number of aromatic nitrogens is 2. The van der Waals surface area contributed by atoms with Gasteiger partial charge in [-0.3, -0.25) is 4.72 Å². The normalized spacial score (nSPS) is 11.7. The minimum atomic E-state index is -4.43. The summed E-state index contributed by atoms with van der Waals surface area (Å²) in [6.45, 7) is 1.96. The van der Waals surface area contributed by atoms with Crippen LogP contribution in [0.3, 0.4) is 0 Å². The Kier molecular flexibility index (Phi) is 4.35. The lowest BCUT2D eigenvalue weighted by molar-refractivity contribution is 0.521. The first-order valence-electron chi connectivity index (χ1n) is 8.36. The zero-order chi connectivity index (χ0) is 19.9. The van der Waals surface area contributed by atoms with E-state index >= 15 is 0 Å². The minimum absolute atomic E-state index is 0.174. The van der Waals surface area contributed by atoms with Gasteiger partial charge in [-0.05, 0) is 48.9 Å². The molecular weight excluding hydrogens is 384 g/mol. The van der Waals surface area contributed by atoms with Gasteiger partial charge >= 0.3 is 0 Å². The van der Waals surface area contributed by atoms with E-state index in [0.717, 1.165) is 29.4 Å². The molecule has 1 N–H and O–H groups in total. The van der Waals surface area contributed by atoms with Gasteiger partial charge in [-0.15, -0.1) is 0 Å². The molecule has 0 aliphatic carbocycles. The van der Waals surface area contributed by atoms with Crippen LogP contribution in [-0.2, 0) is 10.0 Å². The van der Waals surface area contributed by atoms with Crippen LogP contribution in [0.1, 0.15) is 5.56 Å². The van der Waals surface area contributed by atoms with Gasteiger partial charge in [-0.25, -0.2) is 22.2 Å². The van der Waals surface area contributed by atoms with Crippen molar-refractivity contribution in [3.63, 3.8) is 0 Å². The summed E-state index contributed by atoms with van der Waals surface area (Å²) in [5, 5.41) is 0. The lowest BCUT2D eigenvalue weighted by Gasteiger charge is -2.10. The van der Waals surface area contributed by atoms with Crippen LogP contribution in [0.5, 0.6) is 0 Å². The van der Waals surface area contributed by atoms with Gasteiger partial charge in [-0.1, -0.05) is 18.2 Å². The zero-order valence-corrected chi connectivity index (χ0v) is 15.5. The summed E-state index contributed by atoms with van der Waals surface area (Å²) in [6.07, 6.45) is 3.70. The van der Waals surface area contributed by atoms with Crippen LogP contribution in [0.25, 0.3) is 16.9 Å². The smallest absolute Gasteiger partial charge is 0.267 e. The number of sulfonamides is 1. The first kappa shape index (κ1) is 18.1. The van der Waals surface area contributed by atoms with Crippen LogP contribution in [0, 0.1) is 18.6 Å². The van der Waals surface area contributed by atoms with Crippen LogP contribution in [0.4, 0.5) is 14.5 Å². The molecule has 0 radical (unpaired) electrons. The fraction of sp³-hybridized carbons (Fsp3) is 0.0500. The molecule has 8 heteroatoms. The summed E-state index contributed by atoms with van der Waals surface area (Å²) in [6, 6.07) is 13.2. The van der Waals surface area contributed by atoms with Crippen molar-refractivity contribution in [1.82, 2.24) is 9.38 Å². The molecular formula is C20H15F2N3O2S. The quantitative estimate of drug-likeness (QED) is 0.554. The fourth-order valence-electron chi connectivity index (χ4n) is 2.91. The number of benzene rings is 2. The van der Waals surface area contributed by atoms with E-state index in [9.17, 15) is 17.2 Å². The number of hydrogen-bond acceptors (Lipinski definition) is 3. The number of imidazole rings is 1. The standard InChI is InChI=1S/C20H15F2N3O2S/c1-13-8-9-25-12-18(23-19(25)10-13)14-4-2-5-15(11-14)24-28(26,27)20-16(21)6-3-7-17(20)22/h2-12,24H,1H3. The van der Waals surface area contributed by atoms with Crippen LogP contribution in [-0.4, -0.2) is 17.8 Å². The Labute approximate surface area is 160 Å². The summed E-state index contributed by atoms with van der Waals surface area (Å²) in [4.78, 5) is 3.52. The summed E-state index contributed by atoms with van der Waals surface area (Å²) in [7, 11) is -4.43. The molecule has 0 fully saturated rings. The molecule has 0 aliphatic rings. The van der Waals surface area contributed by atoms with Gasteiger partial charge in [0.2, 0.25) is 0 Å². The average molecular weight is 399 g/mol. The van der Waals surface area contributed by atoms with Crippen LogP contribution >= 0.6 is 0 Å². The van der Waals surface area contributed by atoms with Crippen molar-refractivity contribution in [2.45, 2.75) is 11.8 Å². The third-order valence-corrected chi connectivity index (χ3v) is 5.65. The molecule has 0 unspecified atom stereocenters. The van der Waals surface area contributed by atoms with Gasteiger partial charge < -0.3 is 4.40 Å². The predicted octanol–water partition coefficient (Wildman–Crippen LogP) is 4.39. The second-order valence-electron chi connectivity index (χ2n) is 6.33. The molecule has 0 atom stereocenters. The highest BCUT2D eigenvalue weighted by Gasteiger charge is 2.24. The van der Waals surface area contributed by atoms with Crippen molar-refractivity contribution < 1.29 is 17.2 Å². The van der Waals surface area contributed by atoms with E-state index in [1.165, 1.54) is 6.07 Å². The largest absolute Gasteiger partial charge is 0.306 e. The van der Waals surface area contributed by atoms with Crippen molar-refractivity contribution in [2.24, 2.45) is 0 Å². The number of nitrogens with one attached hydrogen (secondary N) is 1. The van der Waals surface area contributed by atoms with Gasteiger partial charge in [-0.2, -0.15) is 0 Å². The number of pyridine rings is 1. The highest BCUT2D eigenvalue weighted by atomic mass is 32.2. The fourth-order valence-corrected chi connectivity index (χ4v) is 4.10. The summed E-state index contributed by atoms with van der Waals surface area (Å²) >= 11 is 0. The van der Waals surface area contributed by atoms with Crippen LogP contribution in [0.15, 0.2) is 71.9 Å². The zero-order valence-electron chi connectivity index (χ0n) is 14.7. The lowest BCUT2D eigenvalue weighted by atomic mass is 10.1. The van der Waals surface area contributed by atoms with Crippen LogP contribution < -0.4 is 4.72 Å². The third kappa shape index (κ3) is 3.34. The molecule has 0 amide bonds. The molecule has 2 aromatic carbocycles. The van der Waals surface area contributed by atoms with Crippen molar-refractivity contribution in [3.05, 3.63) is 84.2 Å². The van der Waals surface area contributed by atoms with Gasteiger partial charge in [0.05, 0.1) is 5.69 Å². The highest BCUT2D eigenvalue weighted by molar-refractivity contribution is 7.92. The molecule has 5 nitrogen and oxygen atoms in total. The van der Waals surface area contributed by atoms with E-state index in [1.807, 2.05) is 35.9 Å². The Hall–Kier alpha value is -3.26. The first-order valence-corrected chi connectivity index (χ1v) is 9.84. The second kappa shape index (κ2) is 6.72. The Morgan fingerprint density at radius 1 is 1.00 bits per heavy atom. The van der Waals surface area contributed by atoms with Crippen molar-refractivity contribution in [3.8, 4) is 11.3 Å². The number of halogens is 2. The topological polar surface area (TPSA) is 63.5 Å². The van der Waals surface area contributed by atoms with Gasteiger partial charge in [0, 0.05) is 23.6 Å². The molecule has 0 saturated heterocycles. The van der Waals surface area contributed by atoms with Gasteiger partial charge in [0.1, 0.15) is 17.3 Å². The number of anilines is 1. The van der Waals surface area contributed by atoms with Crippen molar-refractivity contribution in [1.29, 1.82) is 0 Å². The molecule has 2 aromatic heterocycles. The Morgan fingerprint density at radius 3 is 2.46 bits per heavy atom.